The molecule has 0 aliphatic heterocycles. The highest BCUT2D eigenvalue weighted by molar-refractivity contribution is 5.51. The van der Waals surface area contributed by atoms with Crippen molar-refractivity contribution in [1.82, 2.24) is 0 Å². The Kier molecular flexibility index (Phi) is 3.01. The number of benzene rings is 1. The van der Waals surface area contributed by atoms with Gasteiger partial charge >= 0.3 is 0 Å². The van der Waals surface area contributed by atoms with Crippen molar-refractivity contribution in [2.45, 2.75) is 65.0 Å². The Morgan fingerprint density at radius 3 is 2.65 bits per heavy atom. The SMILES string of the molecule is [2H]C([2H])([2H])C([2H])([2H])C([2H])([2H])C([2H])([2H])Cc1cc(O)c([C@@H]2C=C(C)CC[C@H]2C(=C)C)c(O)c1. The molecule has 0 amide bonds. The van der Waals surface area contributed by atoms with Gasteiger partial charge in [-0.1, -0.05) is 43.4 Å². The second-order valence-electron chi connectivity index (χ2n) is 6.18. The molecular formula is C21H30O2. The van der Waals surface area contributed by atoms with E-state index in [2.05, 4.69) is 6.58 Å². The molecular weight excluding hydrogens is 284 g/mol. The van der Waals surface area contributed by atoms with Crippen molar-refractivity contribution >= 4 is 0 Å². The third-order valence-electron chi connectivity index (χ3n) is 4.35. The lowest BCUT2D eigenvalue weighted by Gasteiger charge is -2.31. The number of hydrogen-bond acceptors (Lipinski definition) is 2. The van der Waals surface area contributed by atoms with E-state index in [0.29, 0.717) is 0 Å². The number of allylic oxidation sites excluding steroid dienone is 3. The first kappa shape index (κ1) is 8.96. The first-order valence-electron chi connectivity index (χ1n) is 12.2. The smallest absolute Gasteiger partial charge is 0.123 e. The molecule has 0 fully saturated rings. The molecule has 1 aliphatic carbocycles. The van der Waals surface area contributed by atoms with Gasteiger partial charge in [0.15, 0.2) is 0 Å². The van der Waals surface area contributed by atoms with Crippen molar-refractivity contribution in [3.63, 3.8) is 0 Å². The van der Waals surface area contributed by atoms with E-state index < -0.39 is 32.4 Å². The number of phenols is 2. The maximum atomic E-state index is 10.7. The highest BCUT2D eigenvalue weighted by Gasteiger charge is 2.29. The zero-order valence-corrected chi connectivity index (χ0v) is 13.6. The van der Waals surface area contributed by atoms with Gasteiger partial charge in [0.2, 0.25) is 0 Å². The van der Waals surface area contributed by atoms with Crippen LogP contribution in [0.4, 0.5) is 0 Å². The van der Waals surface area contributed by atoms with Gasteiger partial charge in [0, 0.05) is 23.8 Å². The van der Waals surface area contributed by atoms with Gasteiger partial charge in [0.05, 0.1) is 0 Å². The third-order valence-corrected chi connectivity index (χ3v) is 4.35. The molecule has 0 bridgehead atoms. The molecule has 2 nitrogen and oxygen atoms in total. The molecule has 2 N–H and O–H groups in total. The van der Waals surface area contributed by atoms with Crippen LogP contribution in [0.3, 0.4) is 0 Å². The van der Waals surface area contributed by atoms with Gasteiger partial charge < -0.3 is 10.2 Å². The molecule has 126 valence electrons. The summed E-state index contributed by atoms with van der Waals surface area (Å²) in [6.45, 7) is 4.46. The maximum absolute atomic E-state index is 10.7. The largest absolute Gasteiger partial charge is 0.507 e. The van der Waals surface area contributed by atoms with Gasteiger partial charge in [-0.15, -0.1) is 0 Å². The molecule has 1 aliphatic rings. The summed E-state index contributed by atoms with van der Waals surface area (Å²) in [6, 6.07) is 2.42. The van der Waals surface area contributed by atoms with E-state index in [-0.39, 0.29) is 34.5 Å². The van der Waals surface area contributed by atoms with E-state index in [1.54, 1.807) is 0 Å². The Morgan fingerprint density at radius 1 is 1.35 bits per heavy atom. The Hall–Kier alpha value is -1.70. The molecule has 1 aromatic carbocycles. The molecule has 0 aromatic heterocycles. The minimum Gasteiger partial charge on any atom is -0.507 e. The maximum Gasteiger partial charge on any atom is 0.123 e. The van der Waals surface area contributed by atoms with Crippen molar-refractivity contribution in [1.29, 1.82) is 0 Å². The molecule has 0 spiro atoms. The van der Waals surface area contributed by atoms with Gasteiger partial charge in [-0.2, -0.15) is 0 Å². The van der Waals surface area contributed by atoms with Gasteiger partial charge in [0.25, 0.3) is 0 Å². The Balaban J connectivity index is 2.46. The number of rotatable bonds is 6. The summed E-state index contributed by atoms with van der Waals surface area (Å²) in [7, 11) is 0. The third kappa shape index (κ3) is 4.19. The molecule has 2 heteroatoms. The summed E-state index contributed by atoms with van der Waals surface area (Å²) in [5.74, 6) is -0.925. The van der Waals surface area contributed by atoms with Crippen LogP contribution in [0.1, 0.15) is 82.0 Å². The van der Waals surface area contributed by atoms with Crippen molar-refractivity contribution in [2.24, 2.45) is 5.92 Å². The quantitative estimate of drug-likeness (QED) is 0.645. The van der Waals surface area contributed by atoms with Crippen LogP contribution in [0.2, 0.25) is 0 Å². The van der Waals surface area contributed by atoms with E-state index in [4.69, 9.17) is 12.3 Å². The Labute approximate surface area is 153 Å². The summed E-state index contributed by atoms with van der Waals surface area (Å²) in [5.41, 5.74) is 2.29. The summed E-state index contributed by atoms with van der Waals surface area (Å²) in [5, 5.41) is 21.4. The van der Waals surface area contributed by atoms with Gasteiger partial charge in [-0.25, -0.2) is 0 Å². The number of aromatic hydroxyl groups is 2. The molecule has 1 aromatic rings. The number of hydrogen-bond donors (Lipinski definition) is 2. The number of phenolic OH excluding ortho intramolecular Hbond substituents is 2. The summed E-state index contributed by atoms with van der Waals surface area (Å²) in [6.07, 6.45) is -6.92. The van der Waals surface area contributed by atoms with Crippen LogP contribution in [0, 0.1) is 5.92 Å². The second kappa shape index (κ2) is 7.72. The lowest BCUT2D eigenvalue weighted by atomic mass is 9.73. The van der Waals surface area contributed by atoms with Crippen LogP contribution in [-0.2, 0) is 6.42 Å². The molecule has 0 saturated carbocycles. The topological polar surface area (TPSA) is 40.5 Å². The molecule has 0 heterocycles. The summed E-state index contributed by atoms with van der Waals surface area (Å²) in [4.78, 5) is 0. The van der Waals surface area contributed by atoms with E-state index >= 15 is 0 Å². The average Bonchev–Trinajstić information content (AvgIpc) is 2.59. The van der Waals surface area contributed by atoms with Gasteiger partial charge in [-0.05, 0) is 63.1 Å². The van der Waals surface area contributed by atoms with Gasteiger partial charge in [-0.3, -0.25) is 0 Å². The minimum absolute atomic E-state index is 0.00606. The molecule has 23 heavy (non-hydrogen) atoms. The van der Waals surface area contributed by atoms with Crippen LogP contribution in [-0.4, -0.2) is 10.2 Å². The zero-order chi connectivity index (χ0) is 24.9. The zero-order valence-electron chi connectivity index (χ0n) is 22.6. The van der Waals surface area contributed by atoms with E-state index in [1.807, 2.05) is 19.9 Å². The van der Waals surface area contributed by atoms with Crippen molar-refractivity contribution in [3.8, 4) is 11.5 Å². The van der Waals surface area contributed by atoms with Crippen molar-refractivity contribution in [3.05, 3.63) is 47.1 Å². The average molecular weight is 324 g/mol. The molecule has 0 saturated heterocycles. The fourth-order valence-electron chi connectivity index (χ4n) is 3.22. The molecule has 2 atom stereocenters. The first-order valence-corrected chi connectivity index (χ1v) is 7.71. The van der Waals surface area contributed by atoms with E-state index in [0.717, 1.165) is 24.0 Å². The monoisotopic (exact) mass is 323 g/mol. The standard InChI is InChI=1S/C21H30O2/c1-5-6-7-8-16-12-19(22)21(20(23)13-16)18-11-15(4)9-10-17(18)14(2)3/h11-13,17-18,22-23H,2,5-10H2,1,3-4H3/t17-,18+/m0/s1/i1D3,5D2,6D2,7D2. The highest BCUT2D eigenvalue weighted by Crippen LogP contribution is 2.46. The van der Waals surface area contributed by atoms with Crippen LogP contribution in [0.5, 0.6) is 11.5 Å². The lowest BCUT2D eigenvalue weighted by Crippen LogP contribution is -2.17. The van der Waals surface area contributed by atoms with Crippen molar-refractivity contribution in [2.75, 3.05) is 0 Å². The normalized spacial score (nSPS) is 29.3. The predicted molar refractivity (Wildman–Crippen MR) is 97.0 cm³/mol. The first-order chi connectivity index (χ1) is 14.3. The molecule has 0 radical (unpaired) electrons. The summed E-state index contributed by atoms with van der Waals surface area (Å²) < 4.78 is 69.5. The van der Waals surface area contributed by atoms with Crippen LogP contribution >= 0.6 is 0 Å². The number of aryl methyl sites for hydroxylation is 1. The molecule has 0 unspecified atom stereocenters. The van der Waals surface area contributed by atoms with Crippen molar-refractivity contribution < 1.29 is 22.5 Å². The van der Waals surface area contributed by atoms with Crippen LogP contribution in [0.15, 0.2) is 35.9 Å². The minimum atomic E-state index is -3.47. The van der Waals surface area contributed by atoms with Gasteiger partial charge in [0.1, 0.15) is 11.5 Å². The Morgan fingerprint density at radius 2 is 2.04 bits per heavy atom. The fourth-order valence-corrected chi connectivity index (χ4v) is 3.22. The Bertz CT molecular complexity index is 893. The van der Waals surface area contributed by atoms with E-state index in [1.165, 1.54) is 12.1 Å². The highest BCUT2D eigenvalue weighted by atomic mass is 16.3. The predicted octanol–water partition coefficient (Wildman–Crippen LogP) is 5.85. The van der Waals surface area contributed by atoms with Crippen LogP contribution in [0.25, 0.3) is 0 Å². The lowest BCUT2D eigenvalue weighted by molar-refractivity contribution is 0.406. The van der Waals surface area contributed by atoms with E-state index in [9.17, 15) is 10.2 Å². The second-order valence-corrected chi connectivity index (χ2v) is 6.18. The summed E-state index contributed by atoms with van der Waals surface area (Å²) >= 11 is 0. The molecule has 2 rings (SSSR count). The fraction of sp³-hybridized carbons (Fsp3) is 0.524. The van der Waals surface area contributed by atoms with Crippen LogP contribution < -0.4 is 0 Å².